The Bertz CT molecular complexity index is 712. The maximum absolute atomic E-state index is 13.7. The topological polar surface area (TPSA) is 90.0 Å². The van der Waals surface area contributed by atoms with E-state index < -0.39 is 11.7 Å². The summed E-state index contributed by atoms with van der Waals surface area (Å²) in [7, 11) is 0. The maximum atomic E-state index is 13.7. The molecule has 0 bridgehead atoms. The number of hydrogen-bond acceptors (Lipinski definition) is 4. The predicted molar refractivity (Wildman–Crippen MR) is 70.4 cm³/mol. The molecule has 20 heavy (non-hydrogen) atoms. The van der Waals surface area contributed by atoms with Crippen LogP contribution in [0.4, 0.5) is 4.39 Å². The number of carbonyl (C=O) groups excluding carboxylic acids is 1. The van der Waals surface area contributed by atoms with Gasteiger partial charge in [-0.3, -0.25) is 19.6 Å². The molecule has 1 heterocycles. The van der Waals surface area contributed by atoms with Crippen molar-refractivity contribution >= 4 is 5.91 Å². The van der Waals surface area contributed by atoms with Gasteiger partial charge in [-0.25, -0.2) is 15.2 Å². The van der Waals surface area contributed by atoms with E-state index in [1.807, 2.05) is 5.43 Å². The molecule has 2 rings (SSSR count). The van der Waals surface area contributed by atoms with Crippen LogP contribution in [-0.2, 0) is 6.54 Å². The minimum Gasteiger partial charge on any atom is -0.295 e. The zero-order chi connectivity index (χ0) is 14.7. The third-order valence-electron chi connectivity index (χ3n) is 2.80. The number of hydrazine groups is 1. The number of aromatic nitrogens is 2. The molecule has 0 aliphatic rings. The Labute approximate surface area is 114 Å². The van der Waals surface area contributed by atoms with Crippen molar-refractivity contribution in [1.82, 2.24) is 15.0 Å². The van der Waals surface area contributed by atoms with Crippen molar-refractivity contribution in [2.75, 3.05) is 0 Å². The Morgan fingerprint density at radius 2 is 2.20 bits per heavy atom. The molecule has 0 radical (unpaired) electrons. The fraction of sp³-hybridized carbons (Fsp3) is 0.154. The van der Waals surface area contributed by atoms with Crippen LogP contribution in [0.1, 0.15) is 21.6 Å². The van der Waals surface area contributed by atoms with Crippen molar-refractivity contribution in [2.45, 2.75) is 13.5 Å². The normalized spacial score (nSPS) is 10.3. The standard InChI is InChI=1S/C13H13FN4O2/c1-8-4-12(19)18(7-16-8)6-10-5-9(13(20)17-15)2-3-11(10)14/h2-5,7H,6,15H2,1H3,(H,17,20). The molecule has 0 saturated carbocycles. The highest BCUT2D eigenvalue weighted by Gasteiger charge is 2.10. The predicted octanol–water partition coefficient (Wildman–Crippen LogP) is 0.343. The fourth-order valence-electron chi connectivity index (χ4n) is 1.74. The van der Waals surface area contributed by atoms with E-state index in [4.69, 9.17) is 5.84 Å². The zero-order valence-corrected chi connectivity index (χ0v) is 10.8. The van der Waals surface area contributed by atoms with Crippen molar-refractivity contribution in [3.63, 3.8) is 0 Å². The molecule has 6 nitrogen and oxygen atoms in total. The average molecular weight is 276 g/mol. The third-order valence-corrected chi connectivity index (χ3v) is 2.80. The lowest BCUT2D eigenvalue weighted by atomic mass is 10.1. The van der Waals surface area contributed by atoms with Crippen LogP contribution < -0.4 is 16.8 Å². The quantitative estimate of drug-likeness (QED) is 0.480. The van der Waals surface area contributed by atoms with Gasteiger partial charge in [0.25, 0.3) is 11.5 Å². The van der Waals surface area contributed by atoms with E-state index >= 15 is 0 Å². The fourth-order valence-corrected chi connectivity index (χ4v) is 1.74. The Balaban J connectivity index is 2.37. The number of carbonyl (C=O) groups is 1. The summed E-state index contributed by atoms with van der Waals surface area (Å²) in [6.45, 7) is 1.68. The molecule has 0 spiro atoms. The molecule has 104 valence electrons. The van der Waals surface area contributed by atoms with E-state index in [-0.39, 0.29) is 23.2 Å². The molecule has 0 atom stereocenters. The lowest BCUT2D eigenvalue weighted by molar-refractivity contribution is 0.0953. The van der Waals surface area contributed by atoms with Gasteiger partial charge in [-0.15, -0.1) is 0 Å². The Kier molecular flexibility index (Phi) is 3.90. The van der Waals surface area contributed by atoms with Crippen LogP contribution in [0.5, 0.6) is 0 Å². The molecule has 0 aliphatic heterocycles. The van der Waals surface area contributed by atoms with E-state index in [1.165, 1.54) is 29.1 Å². The van der Waals surface area contributed by atoms with Gasteiger partial charge in [0.05, 0.1) is 12.9 Å². The number of nitrogens with one attached hydrogen (secondary N) is 1. The van der Waals surface area contributed by atoms with Gasteiger partial charge in [0.2, 0.25) is 0 Å². The van der Waals surface area contributed by atoms with Crippen LogP contribution in [0.3, 0.4) is 0 Å². The number of amides is 1. The summed E-state index contributed by atoms with van der Waals surface area (Å²) >= 11 is 0. The molecule has 1 aromatic heterocycles. The SMILES string of the molecule is Cc1cc(=O)n(Cc2cc(C(=O)NN)ccc2F)cn1. The van der Waals surface area contributed by atoms with Crippen LogP contribution >= 0.6 is 0 Å². The molecular weight excluding hydrogens is 263 g/mol. The highest BCUT2D eigenvalue weighted by molar-refractivity contribution is 5.93. The Morgan fingerprint density at radius 3 is 2.85 bits per heavy atom. The number of aryl methyl sites for hydroxylation is 1. The van der Waals surface area contributed by atoms with Crippen LogP contribution in [0.25, 0.3) is 0 Å². The van der Waals surface area contributed by atoms with Crippen LogP contribution in [0.15, 0.2) is 35.4 Å². The number of halogens is 1. The molecule has 1 aromatic carbocycles. The van der Waals surface area contributed by atoms with Crippen LogP contribution in [0.2, 0.25) is 0 Å². The summed E-state index contributed by atoms with van der Waals surface area (Å²) in [4.78, 5) is 27.1. The summed E-state index contributed by atoms with van der Waals surface area (Å²) in [5, 5.41) is 0. The van der Waals surface area contributed by atoms with E-state index in [0.717, 1.165) is 6.07 Å². The van der Waals surface area contributed by atoms with Gasteiger partial charge in [-0.05, 0) is 25.1 Å². The van der Waals surface area contributed by atoms with Gasteiger partial charge in [-0.1, -0.05) is 0 Å². The first-order valence-electron chi connectivity index (χ1n) is 5.83. The number of hydrogen-bond donors (Lipinski definition) is 2. The molecule has 2 aromatic rings. The number of nitrogen functional groups attached to an aromatic ring is 1. The number of nitrogens with zero attached hydrogens (tertiary/aromatic N) is 2. The minimum atomic E-state index is -0.527. The smallest absolute Gasteiger partial charge is 0.265 e. The number of rotatable bonds is 3. The van der Waals surface area contributed by atoms with Crippen molar-refractivity contribution in [3.8, 4) is 0 Å². The monoisotopic (exact) mass is 276 g/mol. The van der Waals surface area contributed by atoms with E-state index in [0.29, 0.717) is 5.69 Å². The molecular formula is C13H13FN4O2. The summed E-state index contributed by atoms with van der Waals surface area (Å²) < 4.78 is 15.0. The van der Waals surface area contributed by atoms with Crippen molar-refractivity contribution in [2.24, 2.45) is 5.84 Å². The molecule has 3 N–H and O–H groups in total. The van der Waals surface area contributed by atoms with Crippen molar-refractivity contribution in [3.05, 3.63) is 63.6 Å². The first kappa shape index (κ1) is 13.9. The summed E-state index contributed by atoms with van der Waals surface area (Å²) in [5.74, 6) is 3.99. The first-order valence-corrected chi connectivity index (χ1v) is 5.83. The molecule has 7 heteroatoms. The summed E-state index contributed by atoms with van der Waals surface area (Å²) in [5.41, 5.74) is 2.69. The van der Waals surface area contributed by atoms with Gasteiger partial charge in [0.1, 0.15) is 5.82 Å². The van der Waals surface area contributed by atoms with Gasteiger partial charge in [0.15, 0.2) is 0 Å². The van der Waals surface area contributed by atoms with E-state index in [2.05, 4.69) is 4.98 Å². The van der Waals surface area contributed by atoms with Gasteiger partial charge in [0, 0.05) is 22.9 Å². The van der Waals surface area contributed by atoms with Crippen molar-refractivity contribution in [1.29, 1.82) is 0 Å². The van der Waals surface area contributed by atoms with Gasteiger partial charge < -0.3 is 0 Å². The van der Waals surface area contributed by atoms with E-state index in [9.17, 15) is 14.0 Å². The summed E-state index contributed by atoms with van der Waals surface area (Å²) in [6, 6.07) is 5.18. The lowest BCUT2D eigenvalue weighted by Gasteiger charge is -2.08. The van der Waals surface area contributed by atoms with Gasteiger partial charge >= 0.3 is 0 Å². The molecule has 0 aliphatic carbocycles. The largest absolute Gasteiger partial charge is 0.295 e. The third kappa shape index (κ3) is 2.89. The molecule has 0 saturated heterocycles. The molecule has 1 amide bonds. The van der Waals surface area contributed by atoms with Crippen molar-refractivity contribution < 1.29 is 9.18 Å². The Hall–Kier alpha value is -2.54. The minimum absolute atomic E-state index is 0.0103. The average Bonchev–Trinajstić information content (AvgIpc) is 2.43. The number of benzene rings is 1. The first-order chi connectivity index (χ1) is 9.51. The zero-order valence-electron chi connectivity index (χ0n) is 10.8. The summed E-state index contributed by atoms with van der Waals surface area (Å²) in [6.07, 6.45) is 1.34. The lowest BCUT2D eigenvalue weighted by Crippen LogP contribution is -2.30. The highest BCUT2D eigenvalue weighted by atomic mass is 19.1. The second-order valence-electron chi connectivity index (χ2n) is 4.28. The van der Waals surface area contributed by atoms with Crippen LogP contribution in [0, 0.1) is 12.7 Å². The number of nitrogens with two attached hydrogens (primary N) is 1. The highest BCUT2D eigenvalue weighted by Crippen LogP contribution is 2.11. The van der Waals surface area contributed by atoms with Gasteiger partial charge in [-0.2, -0.15) is 0 Å². The second kappa shape index (κ2) is 5.62. The Morgan fingerprint density at radius 1 is 1.45 bits per heavy atom. The second-order valence-corrected chi connectivity index (χ2v) is 4.28. The van der Waals surface area contributed by atoms with E-state index in [1.54, 1.807) is 6.92 Å². The maximum Gasteiger partial charge on any atom is 0.265 e. The van der Waals surface area contributed by atoms with Crippen LogP contribution in [-0.4, -0.2) is 15.5 Å². The molecule has 0 fully saturated rings. The molecule has 0 unspecified atom stereocenters.